The zero-order valence-electron chi connectivity index (χ0n) is 42.9. The number of halogens is 1. The average Bonchev–Trinajstić information content (AvgIpc) is 3.93. The van der Waals surface area contributed by atoms with E-state index in [2.05, 4.69) is 90.5 Å². The normalized spacial score (nSPS) is 14.6. The van der Waals surface area contributed by atoms with Gasteiger partial charge in [-0.05, 0) is 157 Å². The number of ether oxygens (including phenoxy) is 2. The van der Waals surface area contributed by atoms with Crippen molar-refractivity contribution >= 4 is 51.8 Å². The molecular formula is C50H68ClN13O6S2. The minimum Gasteiger partial charge on any atom is -0.493 e. The Balaban J connectivity index is 0.000000219. The van der Waals surface area contributed by atoms with E-state index >= 15 is 0 Å². The third kappa shape index (κ3) is 16.6. The molecule has 1 N–H and O–H groups in total. The van der Waals surface area contributed by atoms with Crippen molar-refractivity contribution < 1.29 is 26.3 Å². The number of rotatable bonds is 14. The van der Waals surface area contributed by atoms with Crippen molar-refractivity contribution in [2.75, 3.05) is 71.5 Å². The number of nitriles is 2. The summed E-state index contributed by atoms with van der Waals surface area (Å²) >= 11 is 0. The molecule has 8 rings (SSSR count). The zero-order valence-corrected chi connectivity index (χ0v) is 45.3. The van der Waals surface area contributed by atoms with Gasteiger partial charge in [0, 0.05) is 49.0 Å². The third-order valence-corrected chi connectivity index (χ3v) is 14.1. The van der Waals surface area contributed by atoms with E-state index in [0.29, 0.717) is 48.0 Å². The van der Waals surface area contributed by atoms with E-state index < -0.39 is 19.1 Å². The highest BCUT2D eigenvalue weighted by atomic mass is 35.7. The molecule has 0 unspecified atom stereocenters. The molecule has 2 saturated heterocycles. The van der Waals surface area contributed by atoms with Crippen LogP contribution in [0.15, 0.2) is 48.5 Å². The number of benzene rings is 2. The van der Waals surface area contributed by atoms with Gasteiger partial charge in [-0.25, -0.2) is 40.5 Å². The Hall–Kier alpha value is -5.81. The molecule has 0 spiro atoms. The number of nitrogens with zero attached hydrogens (tertiary/aromatic N) is 12. The van der Waals surface area contributed by atoms with Crippen molar-refractivity contribution in [2.45, 2.75) is 73.1 Å². The van der Waals surface area contributed by atoms with Gasteiger partial charge in [0.2, 0.25) is 19.1 Å². The number of aryl methyl sites for hydroxylation is 4. The summed E-state index contributed by atoms with van der Waals surface area (Å²) in [6, 6.07) is 19.9. The Morgan fingerprint density at radius 1 is 0.694 bits per heavy atom. The van der Waals surface area contributed by atoms with E-state index in [1.165, 1.54) is 38.7 Å². The largest absolute Gasteiger partial charge is 0.493 e. The summed E-state index contributed by atoms with van der Waals surface area (Å²) in [5.41, 5.74) is 8.43. The highest BCUT2D eigenvalue weighted by Crippen LogP contribution is 2.31. The zero-order chi connectivity index (χ0) is 52.6. The van der Waals surface area contributed by atoms with Gasteiger partial charge in [0.05, 0.1) is 48.1 Å². The molecule has 0 saturated carbocycles. The van der Waals surface area contributed by atoms with Crippen LogP contribution in [-0.4, -0.2) is 138 Å². The number of pyridine rings is 2. The molecular weight excluding hydrogens is 978 g/mol. The second kappa shape index (κ2) is 26.8. The number of piperidine rings is 2. The predicted molar refractivity (Wildman–Crippen MR) is 282 cm³/mol. The highest BCUT2D eigenvalue weighted by Gasteiger charge is 2.25. The molecule has 2 fully saturated rings. The Morgan fingerprint density at radius 2 is 1.10 bits per heavy atom. The smallest absolute Gasteiger partial charge is 0.229 e. The Bertz CT molecular complexity index is 3050. The average molecular weight is 1050 g/mol. The molecule has 0 amide bonds. The van der Waals surface area contributed by atoms with Crippen LogP contribution in [0, 0.1) is 48.3 Å². The summed E-state index contributed by atoms with van der Waals surface area (Å²) in [6.45, 7) is 18.9. The van der Waals surface area contributed by atoms with E-state index in [4.69, 9.17) is 9.47 Å². The molecule has 0 bridgehead atoms. The van der Waals surface area contributed by atoms with Crippen LogP contribution in [0.1, 0.15) is 81.8 Å². The highest BCUT2D eigenvalue weighted by molar-refractivity contribution is 8.13. The number of aromatic nitrogens is 8. The monoisotopic (exact) mass is 1050 g/mol. The fourth-order valence-corrected chi connectivity index (χ4v) is 9.37. The maximum absolute atomic E-state index is 11.6. The minimum atomic E-state index is -3.19. The van der Waals surface area contributed by atoms with Crippen molar-refractivity contribution in [2.24, 2.45) is 25.9 Å². The maximum atomic E-state index is 11.6. The molecule has 0 radical (unpaired) electrons. The van der Waals surface area contributed by atoms with Gasteiger partial charge in [-0.2, -0.15) is 10.5 Å². The summed E-state index contributed by atoms with van der Waals surface area (Å²) in [7, 11) is 1.81. The van der Waals surface area contributed by atoms with Gasteiger partial charge in [0.1, 0.15) is 34.7 Å². The first-order valence-corrected chi connectivity index (χ1v) is 28.8. The lowest BCUT2D eigenvalue weighted by atomic mass is 9.95. The van der Waals surface area contributed by atoms with E-state index in [-0.39, 0.29) is 5.69 Å². The molecule has 6 aromatic rings. The first-order valence-electron chi connectivity index (χ1n) is 24.2. The van der Waals surface area contributed by atoms with E-state index in [9.17, 15) is 27.4 Å². The standard InChI is InChI=1S/C22H26N6O3S.C21H24N6O.C6H15N.CH3ClO2S/c1-15-12-17(18-13-20-22(19(14-23)24-18)25-26-27(20)2)4-5-21(15)31-11-8-16-6-9-28(10-7-16)32(3,29)30;1-14-11-16(3-4-20(14)28-10-7-15-5-8-23-9-6-15)17-12-19-21(18(13-22)24-17)25-26-27(19)2;1-4-7(5-2)6-3;1-5(2,3)4/h4-5,12-13,16H,6-11H2,1-3H3;3-4,11-12,15,23H,5-10H2,1-2H3;4-6H2,1-3H3;1H3. The van der Waals surface area contributed by atoms with Gasteiger partial charge in [0.15, 0.2) is 11.4 Å². The lowest BCUT2D eigenvalue weighted by molar-refractivity contribution is 0.219. The van der Waals surface area contributed by atoms with Crippen LogP contribution < -0.4 is 14.8 Å². The lowest BCUT2D eigenvalue weighted by Crippen LogP contribution is -2.38. The molecule has 72 heavy (non-hydrogen) atoms. The van der Waals surface area contributed by atoms with Crippen LogP contribution in [-0.2, 0) is 33.2 Å². The van der Waals surface area contributed by atoms with E-state index in [1.54, 1.807) is 20.7 Å². The summed E-state index contributed by atoms with van der Waals surface area (Å²) in [6.07, 6.45) is 8.40. The molecule has 2 aliphatic heterocycles. The van der Waals surface area contributed by atoms with Crippen molar-refractivity contribution in [1.82, 2.24) is 54.5 Å². The van der Waals surface area contributed by atoms with Gasteiger partial charge >= 0.3 is 0 Å². The Morgan fingerprint density at radius 3 is 1.44 bits per heavy atom. The van der Waals surface area contributed by atoms with Crippen LogP contribution in [0.4, 0.5) is 0 Å². The van der Waals surface area contributed by atoms with Crippen LogP contribution >= 0.6 is 10.7 Å². The summed E-state index contributed by atoms with van der Waals surface area (Å²) in [5, 5.41) is 38.3. The molecule has 0 aliphatic carbocycles. The van der Waals surface area contributed by atoms with Gasteiger partial charge in [-0.3, -0.25) is 0 Å². The molecule has 2 aliphatic rings. The summed E-state index contributed by atoms with van der Waals surface area (Å²) in [5.74, 6) is 2.95. The third-order valence-electron chi connectivity index (χ3n) is 12.8. The van der Waals surface area contributed by atoms with Crippen LogP contribution in [0.3, 0.4) is 0 Å². The summed E-state index contributed by atoms with van der Waals surface area (Å²) < 4.78 is 59.0. The number of nitrogens with one attached hydrogen (secondary N) is 1. The van der Waals surface area contributed by atoms with E-state index in [0.717, 1.165) is 108 Å². The van der Waals surface area contributed by atoms with E-state index in [1.807, 2.05) is 63.4 Å². The van der Waals surface area contributed by atoms with Gasteiger partial charge in [-0.1, -0.05) is 31.2 Å². The second-order valence-corrected chi connectivity index (χ2v) is 23.0. The van der Waals surface area contributed by atoms with Crippen molar-refractivity contribution in [3.8, 4) is 46.2 Å². The SMILES string of the molecule is CCN(CC)CC.CS(=O)(=O)Cl.Cc1cc(-c2cc3c(nnn3C)c(C#N)n2)ccc1OCCC1CCN(S(C)(=O)=O)CC1.Cc1cc(-c2cc3c(nnn3C)c(C#N)n2)ccc1OCCC1CCNCC1. The molecule has 4 aromatic heterocycles. The Kier molecular flexibility index (Phi) is 21.2. The molecule has 22 heteroatoms. The Labute approximate surface area is 428 Å². The molecule has 388 valence electrons. The van der Waals surface area contributed by atoms with Gasteiger partial charge < -0.3 is 19.7 Å². The fraction of sp³-hybridized carbons (Fsp3) is 0.520. The first-order chi connectivity index (χ1) is 34.3. The van der Waals surface area contributed by atoms with Gasteiger partial charge in [0.25, 0.3) is 0 Å². The number of hydrogen-bond acceptors (Lipinski definition) is 16. The maximum Gasteiger partial charge on any atom is 0.229 e. The van der Waals surface area contributed by atoms with Crippen molar-refractivity contribution in [3.05, 3.63) is 71.0 Å². The lowest BCUT2D eigenvalue weighted by Gasteiger charge is -2.30. The fourth-order valence-electron chi connectivity index (χ4n) is 8.50. The molecule has 2 aromatic carbocycles. The van der Waals surface area contributed by atoms with Crippen molar-refractivity contribution in [1.29, 1.82) is 10.5 Å². The van der Waals surface area contributed by atoms with Crippen LogP contribution in [0.2, 0.25) is 0 Å². The molecule has 0 atom stereocenters. The summed E-state index contributed by atoms with van der Waals surface area (Å²) in [4.78, 5) is 11.3. The molecule has 19 nitrogen and oxygen atoms in total. The number of fused-ring (bicyclic) bond motifs is 2. The van der Waals surface area contributed by atoms with Crippen LogP contribution in [0.25, 0.3) is 44.6 Å². The quantitative estimate of drug-likeness (QED) is 0.106. The topological polar surface area (TPSA) is 240 Å². The second-order valence-electron chi connectivity index (χ2n) is 17.9. The number of sulfonamides is 1. The number of hydrogen-bond donors (Lipinski definition) is 1. The van der Waals surface area contributed by atoms with Crippen LogP contribution in [0.5, 0.6) is 11.5 Å². The van der Waals surface area contributed by atoms with Gasteiger partial charge in [-0.15, -0.1) is 10.2 Å². The minimum absolute atomic E-state index is 0.255. The predicted octanol–water partition coefficient (Wildman–Crippen LogP) is 7.16. The first kappa shape index (κ1) is 57.1. The van der Waals surface area contributed by atoms with Crippen molar-refractivity contribution in [3.63, 3.8) is 0 Å². The molecule has 6 heterocycles.